The fourth-order valence-corrected chi connectivity index (χ4v) is 2.19. The predicted molar refractivity (Wildman–Crippen MR) is 93.9 cm³/mol. The molecule has 0 aromatic heterocycles. The molecular formula is C19H22N2O4. The highest BCUT2D eigenvalue weighted by atomic mass is 16.5. The molecule has 2 aromatic carbocycles. The van der Waals surface area contributed by atoms with Gasteiger partial charge in [-0.3, -0.25) is 20.4 Å². The summed E-state index contributed by atoms with van der Waals surface area (Å²) in [4.78, 5) is 23.5. The summed E-state index contributed by atoms with van der Waals surface area (Å²) < 4.78 is 5.50. The molecule has 0 saturated heterocycles. The van der Waals surface area contributed by atoms with E-state index in [1.807, 2.05) is 30.3 Å². The van der Waals surface area contributed by atoms with Crippen LogP contribution in [0.25, 0.3) is 0 Å². The maximum atomic E-state index is 11.8. The highest BCUT2D eigenvalue weighted by Crippen LogP contribution is 2.14. The van der Waals surface area contributed by atoms with Crippen molar-refractivity contribution in [2.45, 2.75) is 19.3 Å². The Balaban J connectivity index is 1.55. The highest BCUT2D eigenvalue weighted by Gasteiger charge is 2.10. The van der Waals surface area contributed by atoms with Crippen LogP contribution in [-0.4, -0.2) is 30.1 Å². The van der Waals surface area contributed by atoms with Crippen molar-refractivity contribution in [2.75, 3.05) is 13.2 Å². The van der Waals surface area contributed by atoms with Gasteiger partial charge in [0.25, 0.3) is 5.91 Å². The summed E-state index contributed by atoms with van der Waals surface area (Å²) in [5.74, 6) is -1.01. The lowest BCUT2D eigenvalue weighted by atomic mass is 10.2. The maximum absolute atomic E-state index is 11.8. The largest absolute Gasteiger partial charge is 0.507 e. The number of rotatable bonds is 8. The van der Waals surface area contributed by atoms with E-state index in [4.69, 9.17) is 4.74 Å². The lowest BCUT2D eigenvalue weighted by Gasteiger charge is -2.08. The third-order valence-electron chi connectivity index (χ3n) is 3.53. The van der Waals surface area contributed by atoms with Gasteiger partial charge in [0.1, 0.15) is 5.75 Å². The first-order valence-corrected chi connectivity index (χ1v) is 8.15. The minimum Gasteiger partial charge on any atom is -0.507 e. The van der Waals surface area contributed by atoms with Gasteiger partial charge >= 0.3 is 0 Å². The van der Waals surface area contributed by atoms with Gasteiger partial charge in [-0.25, -0.2) is 0 Å². The SMILES string of the molecule is O=C(CCCOCCc1ccccc1)NNC(=O)c1ccccc1O. The Morgan fingerprint density at radius 2 is 1.64 bits per heavy atom. The lowest BCUT2D eigenvalue weighted by molar-refractivity contribution is -0.122. The van der Waals surface area contributed by atoms with E-state index in [0.717, 1.165) is 6.42 Å². The normalized spacial score (nSPS) is 10.2. The fraction of sp³-hybridized carbons (Fsp3) is 0.263. The Morgan fingerprint density at radius 3 is 2.40 bits per heavy atom. The van der Waals surface area contributed by atoms with Crippen LogP contribution >= 0.6 is 0 Å². The molecule has 2 rings (SSSR count). The van der Waals surface area contributed by atoms with Gasteiger partial charge < -0.3 is 9.84 Å². The molecule has 0 fully saturated rings. The second kappa shape index (κ2) is 10.1. The van der Waals surface area contributed by atoms with E-state index in [0.29, 0.717) is 19.6 Å². The van der Waals surface area contributed by atoms with Crippen molar-refractivity contribution in [3.63, 3.8) is 0 Å². The molecule has 3 N–H and O–H groups in total. The zero-order valence-corrected chi connectivity index (χ0v) is 13.9. The van der Waals surface area contributed by atoms with E-state index in [1.54, 1.807) is 12.1 Å². The Labute approximate surface area is 146 Å². The van der Waals surface area contributed by atoms with E-state index in [9.17, 15) is 14.7 Å². The molecule has 0 unspecified atom stereocenters. The van der Waals surface area contributed by atoms with E-state index in [-0.39, 0.29) is 23.6 Å². The minimum absolute atomic E-state index is 0.104. The summed E-state index contributed by atoms with van der Waals surface area (Å²) in [6, 6.07) is 16.2. The number of para-hydroxylation sites is 1. The molecule has 0 aliphatic heterocycles. The van der Waals surface area contributed by atoms with Crippen molar-refractivity contribution in [3.05, 3.63) is 65.7 Å². The smallest absolute Gasteiger partial charge is 0.273 e. The molecule has 0 aliphatic carbocycles. The molecule has 132 valence electrons. The minimum atomic E-state index is -0.564. The second-order valence-corrected chi connectivity index (χ2v) is 5.47. The van der Waals surface area contributed by atoms with Crippen molar-refractivity contribution in [1.82, 2.24) is 10.9 Å². The van der Waals surface area contributed by atoms with Gasteiger partial charge in [0.05, 0.1) is 12.2 Å². The molecule has 0 spiro atoms. The van der Waals surface area contributed by atoms with Crippen LogP contribution in [0.2, 0.25) is 0 Å². The van der Waals surface area contributed by atoms with Crippen molar-refractivity contribution < 1.29 is 19.4 Å². The van der Waals surface area contributed by atoms with Crippen LogP contribution in [0.5, 0.6) is 5.75 Å². The number of ether oxygens (including phenoxy) is 1. The average Bonchev–Trinajstić information content (AvgIpc) is 2.64. The molecule has 0 saturated carbocycles. The summed E-state index contributed by atoms with van der Waals surface area (Å²) in [7, 11) is 0. The van der Waals surface area contributed by atoms with Crippen LogP contribution in [0.3, 0.4) is 0 Å². The Kier molecular flexibility index (Phi) is 7.46. The monoisotopic (exact) mass is 342 g/mol. The van der Waals surface area contributed by atoms with Gasteiger partial charge in [0.15, 0.2) is 0 Å². The number of amides is 2. The number of hydrogen-bond acceptors (Lipinski definition) is 4. The van der Waals surface area contributed by atoms with Crippen molar-refractivity contribution in [3.8, 4) is 5.75 Å². The second-order valence-electron chi connectivity index (χ2n) is 5.47. The van der Waals surface area contributed by atoms with Crippen LogP contribution < -0.4 is 10.9 Å². The van der Waals surface area contributed by atoms with Gasteiger partial charge in [-0.1, -0.05) is 42.5 Å². The number of carbonyl (C=O) groups excluding carboxylic acids is 2. The molecule has 0 radical (unpaired) electrons. The topological polar surface area (TPSA) is 87.7 Å². The molecule has 2 amide bonds. The highest BCUT2D eigenvalue weighted by molar-refractivity contribution is 5.97. The summed E-state index contributed by atoms with van der Waals surface area (Å²) in [6.45, 7) is 1.09. The van der Waals surface area contributed by atoms with Crippen molar-refractivity contribution in [2.24, 2.45) is 0 Å². The molecule has 0 aliphatic rings. The summed E-state index contributed by atoms with van der Waals surface area (Å²) in [5, 5.41) is 9.56. The lowest BCUT2D eigenvalue weighted by Crippen LogP contribution is -2.41. The predicted octanol–water partition coefficient (Wildman–Crippen LogP) is 2.19. The van der Waals surface area contributed by atoms with Gasteiger partial charge in [0, 0.05) is 13.0 Å². The molecule has 25 heavy (non-hydrogen) atoms. The summed E-state index contributed by atoms with van der Waals surface area (Å²) >= 11 is 0. The number of phenolic OH excluding ortho intramolecular Hbond substituents is 1. The first-order chi connectivity index (χ1) is 12.2. The maximum Gasteiger partial charge on any atom is 0.273 e. The average molecular weight is 342 g/mol. The first kappa shape index (κ1) is 18.5. The third kappa shape index (κ3) is 6.64. The zero-order valence-electron chi connectivity index (χ0n) is 13.9. The number of phenols is 1. The Hall–Kier alpha value is -2.86. The van der Waals surface area contributed by atoms with E-state index in [2.05, 4.69) is 10.9 Å². The third-order valence-corrected chi connectivity index (χ3v) is 3.53. The number of hydrazine groups is 1. The molecule has 2 aromatic rings. The number of hydrogen-bond donors (Lipinski definition) is 3. The van der Waals surface area contributed by atoms with Crippen LogP contribution in [0.1, 0.15) is 28.8 Å². The number of aromatic hydroxyl groups is 1. The van der Waals surface area contributed by atoms with Crippen LogP contribution in [0.15, 0.2) is 54.6 Å². The first-order valence-electron chi connectivity index (χ1n) is 8.15. The van der Waals surface area contributed by atoms with Crippen LogP contribution in [0, 0.1) is 0 Å². The molecule has 6 nitrogen and oxygen atoms in total. The summed E-state index contributed by atoms with van der Waals surface area (Å²) in [6.07, 6.45) is 1.64. The summed E-state index contributed by atoms with van der Waals surface area (Å²) in [5.41, 5.74) is 5.91. The van der Waals surface area contributed by atoms with E-state index < -0.39 is 5.91 Å². The fourth-order valence-electron chi connectivity index (χ4n) is 2.19. The Bertz CT molecular complexity index is 689. The molecular weight excluding hydrogens is 320 g/mol. The van der Waals surface area contributed by atoms with Crippen molar-refractivity contribution >= 4 is 11.8 Å². The standard InChI is InChI=1S/C19H22N2O4/c22-17-10-5-4-9-16(17)19(24)21-20-18(23)11-6-13-25-14-12-15-7-2-1-3-8-15/h1-5,7-10,22H,6,11-14H2,(H,20,23)(H,21,24). The van der Waals surface area contributed by atoms with Gasteiger partial charge in [-0.2, -0.15) is 0 Å². The quantitative estimate of drug-likeness (QED) is 0.507. The van der Waals surface area contributed by atoms with Crippen LogP contribution in [0.4, 0.5) is 0 Å². The molecule has 6 heteroatoms. The molecule has 0 heterocycles. The van der Waals surface area contributed by atoms with Gasteiger partial charge in [0.2, 0.25) is 5.91 Å². The number of benzene rings is 2. The van der Waals surface area contributed by atoms with Crippen LogP contribution in [-0.2, 0) is 16.0 Å². The Morgan fingerprint density at radius 1 is 0.920 bits per heavy atom. The van der Waals surface area contributed by atoms with Crippen molar-refractivity contribution in [1.29, 1.82) is 0 Å². The number of nitrogens with one attached hydrogen (secondary N) is 2. The van der Waals surface area contributed by atoms with E-state index in [1.165, 1.54) is 17.7 Å². The number of carbonyl (C=O) groups is 2. The van der Waals surface area contributed by atoms with Gasteiger partial charge in [-0.15, -0.1) is 0 Å². The zero-order chi connectivity index (χ0) is 17.9. The molecule has 0 bridgehead atoms. The molecule has 0 atom stereocenters. The van der Waals surface area contributed by atoms with E-state index >= 15 is 0 Å². The van der Waals surface area contributed by atoms with Gasteiger partial charge in [-0.05, 0) is 30.5 Å².